The normalized spacial score (nSPS) is 10.6. The second kappa shape index (κ2) is 12.5. The predicted molar refractivity (Wildman–Crippen MR) is 76.4 cm³/mol. The summed E-state index contributed by atoms with van der Waals surface area (Å²) in [4.78, 5) is 35.6. The van der Waals surface area contributed by atoms with Gasteiger partial charge in [0.15, 0.2) is 0 Å². The van der Waals surface area contributed by atoms with Gasteiger partial charge in [-0.25, -0.2) is 14.6 Å². The van der Waals surface area contributed by atoms with Crippen molar-refractivity contribution in [2.24, 2.45) is 5.73 Å². The summed E-state index contributed by atoms with van der Waals surface area (Å²) in [5, 5.41) is 17.0. The fourth-order valence-corrected chi connectivity index (χ4v) is 0.977. The summed E-state index contributed by atoms with van der Waals surface area (Å²) in [5.74, 6) is -5.51. The number of halogens is 6. The number of amides is 1. The second-order valence-corrected chi connectivity index (χ2v) is 4.32. The number of hydrogen-bond donors (Lipinski definition) is 5. The number of imidazole rings is 1. The molecule has 156 valence electrons. The van der Waals surface area contributed by atoms with E-state index in [-0.39, 0.29) is 5.91 Å². The van der Waals surface area contributed by atoms with Crippen molar-refractivity contribution in [1.29, 1.82) is 0 Å². The minimum absolute atomic E-state index is 0.00187. The van der Waals surface area contributed by atoms with E-state index in [1.807, 2.05) is 0 Å². The molecule has 0 aliphatic rings. The first-order valence-corrected chi connectivity index (χ1v) is 6.76. The third-order valence-corrected chi connectivity index (χ3v) is 2.13. The van der Waals surface area contributed by atoms with Crippen LogP contribution in [0, 0.1) is 0 Å². The Kier molecular flexibility index (Phi) is 12.2. The van der Waals surface area contributed by atoms with Gasteiger partial charge >= 0.3 is 24.3 Å². The number of carbonyl (C=O) groups is 3. The molecular formula is C12H16F6N4O5. The van der Waals surface area contributed by atoms with Gasteiger partial charge in [0, 0.05) is 37.8 Å². The molecule has 1 amide bonds. The molecule has 0 atom stereocenters. The molecule has 0 radical (unpaired) electrons. The summed E-state index contributed by atoms with van der Waals surface area (Å²) in [6, 6.07) is 0. The van der Waals surface area contributed by atoms with E-state index in [1.54, 1.807) is 12.5 Å². The third-order valence-electron chi connectivity index (χ3n) is 2.13. The van der Waals surface area contributed by atoms with Gasteiger partial charge in [0.1, 0.15) is 0 Å². The van der Waals surface area contributed by atoms with Crippen LogP contribution in [-0.4, -0.2) is 63.5 Å². The van der Waals surface area contributed by atoms with E-state index in [4.69, 9.17) is 25.5 Å². The number of carboxylic acids is 2. The zero-order valence-corrected chi connectivity index (χ0v) is 13.4. The number of hydrogen-bond acceptors (Lipinski definition) is 5. The quantitative estimate of drug-likeness (QED) is 0.447. The average molecular weight is 410 g/mol. The van der Waals surface area contributed by atoms with Gasteiger partial charge in [-0.15, -0.1) is 0 Å². The van der Waals surface area contributed by atoms with Crippen LogP contribution in [-0.2, 0) is 20.8 Å². The number of carboxylic acid groups (broad SMARTS) is 2. The lowest BCUT2D eigenvalue weighted by Gasteiger charge is -2.01. The number of rotatable bonds is 5. The van der Waals surface area contributed by atoms with E-state index in [9.17, 15) is 31.1 Å². The van der Waals surface area contributed by atoms with Crippen LogP contribution in [0.2, 0.25) is 0 Å². The number of aliphatic carboxylic acids is 2. The summed E-state index contributed by atoms with van der Waals surface area (Å²) < 4.78 is 63.5. The number of H-pyrrole nitrogens is 1. The van der Waals surface area contributed by atoms with E-state index in [0.717, 1.165) is 12.1 Å². The summed E-state index contributed by atoms with van der Waals surface area (Å²) >= 11 is 0. The van der Waals surface area contributed by atoms with E-state index in [0.29, 0.717) is 19.5 Å². The van der Waals surface area contributed by atoms with E-state index in [2.05, 4.69) is 15.3 Å². The first-order chi connectivity index (χ1) is 12.2. The van der Waals surface area contributed by atoms with Crippen LogP contribution in [0.15, 0.2) is 12.5 Å². The first kappa shape index (κ1) is 26.4. The van der Waals surface area contributed by atoms with Gasteiger partial charge in [-0.2, -0.15) is 26.3 Å². The van der Waals surface area contributed by atoms with Crippen LogP contribution < -0.4 is 11.1 Å². The molecule has 0 saturated heterocycles. The Hall–Kier alpha value is -2.84. The Balaban J connectivity index is 0. The Bertz CT molecular complexity index is 550. The second-order valence-electron chi connectivity index (χ2n) is 4.32. The molecule has 0 aromatic carbocycles. The smallest absolute Gasteiger partial charge is 0.475 e. The fourth-order valence-electron chi connectivity index (χ4n) is 0.977. The van der Waals surface area contributed by atoms with Crippen molar-refractivity contribution >= 4 is 17.8 Å². The molecule has 0 aliphatic carbocycles. The number of nitrogens with zero attached hydrogens (tertiary/aromatic N) is 1. The third kappa shape index (κ3) is 16.4. The van der Waals surface area contributed by atoms with Crippen LogP contribution in [0.25, 0.3) is 0 Å². The van der Waals surface area contributed by atoms with E-state index in [1.165, 1.54) is 0 Å². The van der Waals surface area contributed by atoms with Gasteiger partial charge in [0.2, 0.25) is 5.91 Å². The van der Waals surface area contributed by atoms with Crippen molar-refractivity contribution in [3.8, 4) is 0 Å². The highest BCUT2D eigenvalue weighted by Crippen LogP contribution is 2.13. The summed E-state index contributed by atoms with van der Waals surface area (Å²) in [7, 11) is 0. The number of alkyl halides is 6. The number of carbonyl (C=O) groups excluding carboxylic acids is 1. The van der Waals surface area contributed by atoms with Crippen LogP contribution in [0.4, 0.5) is 26.3 Å². The molecule has 9 nitrogen and oxygen atoms in total. The van der Waals surface area contributed by atoms with Gasteiger partial charge in [-0.3, -0.25) is 4.79 Å². The zero-order chi connectivity index (χ0) is 21.7. The fraction of sp³-hybridized carbons (Fsp3) is 0.500. The largest absolute Gasteiger partial charge is 0.490 e. The van der Waals surface area contributed by atoms with Gasteiger partial charge in [-0.05, 0) is 0 Å². The Morgan fingerprint density at radius 2 is 1.52 bits per heavy atom. The Morgan fingerprint density at radius 3 is 1.81 bits per heavy atom. The minimum atomic E-state index is -5.08. The lowest BCUT2D eigenvalue weighted by Crippen LogP contribution is -2.27. The predicted octanol–water partition coefficient (Wildman–Crippen LogP) is 0.684. The standard InChI is InChI=1S/C8H14N4O.2C2HF3O2/c9-3-1-8(13)11-4-2-7-5-10-6-12-7;2*3-2(4,5)1(6)7/h5-6H,1-4,9H2,(H,10,12)(H,11,13);2*(H,6,7). The molecule has 0 spiro atoms. The molecule has 0 fully saturated rings. The maximum atomic E-state index is 11.0. The molecule has 0 aliphatic heterocycles. The van der Waals surface area contributed by atoms with Crippen LogP contribution in [0.1, 0.15) is 12.1 Å². The van der Waals surface area contributed by atoms with Crippen LogP contribution in [0.3, 0.4) is 0 Å². The molecule has 1 aromatic rings. The highest BCUT2D eigenvalue weighted by Gasteiger charge is 2.38. The van der Waals surface area contributed by atoms with Crippen molar-refractivity contribution in [3.63, 3.8) is 0 Å². The lowest BCUT2D eigenvalue weighted by molar-refractivity contribution is -0.193. The maximum Gasteiger partial charge on any atom is 0.490 e. The maximum absolute atomic E-state index is 11.0. The first-order valence-electron chi connectivity index (χ1n) is 6.76. The van der Waals surface area contributed by atoms with Crippen molar-refractivity contribution < 1.29 is 50.9 Å². The monoisotopic (exact) mass is 410 g/mol. The molecule has 0 unspecified atom stereocenters. The van der Waals surface area contributed by atoms with Crippen molar-refractivity contribution in [2.75, 3.05) is 13.1 Å². The van der Waals surface area contributed by atoms with E-state index >= 15 is 0 Å². The number of aromatic nitrogens is 2. The summed E-state index contributed by atoms with van der Waals surface area (Å²) in [5.41, 5.74) is 6.24. The minimum Gasteiger partial charge on any atom is -0.475 e. The van der Waals surface area contributed by atoms with E-state index < -0.39 is 24.3 Å². The molecule has 1 rings (SSSR count). The summed E-state index contributed by atoms with van der Waals surface area (Å²) in [6.07, 6.45) is -5.63. The lowest BCUT2D eigenvalue weighted by atomic mass is 10.3. The molecule has 0 bridgehead atoms. The van der Waals surface area contributed by atoms with Gasteiger partial charge in [0.25, 0.3) is 0 Å². The molecule has 1 aromatic heterocycles. The topological polar surface area (TPSA) is 158 Å². The van der Waals surface area contributed by atoms with Gasteiger partial charge in [-0.1, -0.05) is 0 Å². The molecule has 15 heteroatoms. The molecule has 0 saturated carbocycles. The number of aromatic amines is 1. The SMILES string of the molecule is NCCC(=O)NCCc1cnc[nH]1.O=C(O)C(F)(F)F.O=C(O)C(F)(F)F. The molecule has 6 N–H and O–H groups in total. The molecule has 1 heterocycles. The van der Waals surface area contributed by atoms with Crippen molar-refractivity contribution in [2.45, 2.75) is 25.2 Å². The Morgan fingerprint density at radius 1 is 1.07 bits per heavy atom. The highest BCUT2D eigenvalue weighted by molar-refractivity contribution is 5.76. The van der Waals surface area contributed by atoms with Gasteiger partial charge < -0.3 is 26.2 Å². The van der Waals surface area contributed by atoms with Gasteiger partial charge in [0.05, 0.1) is 6.33 Å². The summed E-state index contributed by atoms with van der Waals surface area (Å²) in [6.45, 7) is 1.02. The van der Waals surface area contributed by atoms with Crippen LogP contribution >= 0.6 is 0 Å². The number of nitrogens with one attached hydrogen (secondary N) is 2. The average Bonchev–Trinajstić information content (AvgIpc) is 3.00. The molecular weight excluding hydrogens is 394 g/mol. The zero-order valence-electron chi connectivity index (χ0n) is 13.4. The number of nitrogens with two attached hydrogens (primary N) is 1. The highest BCUT2D eigenvalue weighted by atomic mass is 19.4. The Labute approximate surface area is 147 Å². The van der Waals surface area contributed by atoms with Crippen molar-refractivity contribution in [1.82, 2.24) is 15.3 Å². The van der Waals surface area contributed by atoms with Crippen LogP contribution in [0.5, 0.6) is 0 Å². The molecule has 27 heavy (non-hydrogen) atoms. The van der Waals surface area contributed by atoms with Crippen molar-refractivity contribution in [3.05, 3.63) is 18.2 Å².